The number of amides is 3. The van der Waals surface area contributed by atoms with E-state index in [4.69, 9.17) is 0 Å². The number of urea groups is 1. The first-order chi connectivity index (χ1) is 9.56. The summed E-state index contributed by atoms with van der Waals surface area (Å²) in [4.78, 5) is 35.6. The summed E-state index contributed by atoms with van der Waals surface area (Å²) in [5.41, 5.74) is -0.138. The van der Waals surface area contributed by atoms with Crippen molar-refractivity contribution in [3.05, 3.63) is 0 Å². The summed E-state index contributed by atoms with van der Waals surface area (Å²) in [5.74, 6) is -1.83. The molecule has 0 aliphatic heterocycles. The molecule has 0 aromatic carbocycles. The van der Waals surface area contributed by atoms with Gasteiger partial charge in [-0.05, 0) is 18.8 Å². The van der Waals surface area contributed by atoms with E-state index in [0.717, 1.165) is 0 Å². The average molecular weight is 301 g/mol. The fourth-order valence-corrected chi connectivity index (χ4v) is 1.87. The van der Waals surface area contributed by atoms with Crippen molar-refractivity contribution in [2.24, 2.45) is 11.3 Å². The molecule has 0 bridgehead atoms. The Balaban J connectivity index is 4.36. The van der Waals surface area contributed by atoms with Crippen molar-refractivity contribution in [1.29, 1.82) is 0 Å². The third-order valence-electron chi connectivity index (χ3n) is 2.81. The second kappa shape index (κ2) is 8.49. The second-order valence-electron chi connectivity index (χ2n) is 6.30. The highest BCUT2D eigenvalue weighted by Gasteiger charge is 2.25. The second-order valence-corrected chi connectivity index (χ2v) is 6.30. The Labute approximate surface area is 126 Å². The van der Waals surface area contributed by atoms with E-state index in [0.29, 0.717) is 13.0 Å². The minimum atomic E-state index is -0.934. The molecule has 0 saturated carbocycles. The fraction of sp³-hybridized carbons (Fsp3) is 0.786. The van der Waals surface area contributed by atoms with Crippen LogP contribution in [0.1, 0.15) is 34.1 Å². The van der Waals surface area contributed by atoms with Crippen LogP contribution in [0.5, 0.6) is 0 Å². The van der Waals surface area contributed by atoms with Gasteiger partial charge in [-0.2, -0.15) is 0 Å². The molecule has 0 heterocycles. The Morgan fingerprint density at radius 1 is 1.19 bits per heavy atom. The van der Waals surface area contributed by atoms with Gasteiger partial charge in [-0.15, -0.1) is 0 Å². The molecule has 1 unspecified atom stereocenters. The molecule has 0 rings (SSSR count). The number of hydrogen-bond acceptors (Lipinski definition) is 3. The summed E-state index contributed by atoms with van der Waals surface area (Å²) in [6.45, 7) is 8.13. The smallest absolute Gasteiger partial charge is 0.317 e. The van der Waals surface area contributed by atoms with Crippen molar-refractivity contribution in [1.82, 2.24) is 15.5 Å². The van der Waals surface area contributed by atoms with Crippen LogP contribution in [0, 0.1) is 11.3 Å². The molecular formula is C14H27N3O4. The summed E-state index contributed by atoms with van der Waals surface area (Å²) in [6, 6.07) is -0.457. The highest BCUT2D eigenvalue weighted by molar-refractivity contribution is 5.84. The maximum absolute atomic E-state index is 11.8. The lowest BCUT2D eigenvalue weighted by atomic mass is 9.84. The topological polar surface area (TPSA) is 98.7 Å². The van der Waals surface area contributed by atoms with Crippen LogP contribution in [0.25, 0.3) is 0 Å². The third-order valence-corrected chi connectivity index (χ3v) is 2.81. The predicted octanol–water partition coefficient (Wildman–Crippen LogP) is 0.901. The van der Waals surface area contributed by atoms with Crippen LogP contribution >= 0.6 is 0 Å². The Bertz CT molecular complexity index is 377. The SMILES string of the molecule is CCNC(=O)CN(C)C(=O)NCC(CC(C)(C)C)C(=O)O. The zero-order valence-electron chi connectivity index (χ0n) is 13.5. The first-order valence-corrected chi connectivity index (χ1v) is 7.05. The first-order valence-electron chi connectivity index (χ1n) is 7.05. The molecule has 0 radical (unpaired) electrons. The van der Waals surface area contributed by atoms with Crippen molar-refractivity contribution in [2.45, 2.75) is 34.1 Å². The van der Waals surface area contributed by atoms with Crippen LogP contribution in [-0.2, 0) is 9.59 Å². The number of nitrogens with one attached hydrogen (secondary N) is 2. The molecule has 122 valence electrons. The normalized spacial score (nSPS) is 12.4. The summed E-state index contributed by atoms with van der Waals surface area (Å²) in [6.07, 6.45) is 0.461. The number of carboxylic acids is 1. The molecule has 0 aromatic rings. The van der Waals surface area contributed by atoms with E-state index in [1.807, 2.05) is 20.8 Å². The summed E-state index contributed by atoms with van der Waals surface area (Å²) in [5, 5.41) is 14.3. The van der Waals surface area contributed by atoms with E-state index >= 15 is 0 Å². The molecule has 3 N–H and O–H groups in total. The minimum Gasteiger partial charge on any atom is -0.481 e. The molecule has 0 aliphatic rings. The number of carbonyl (C=O) groups is 3. The van der Waals surface area contributed by atoms with Gasteiger partial charge in [-0.25, -0.2) is 4.79 Å². The summed E-state index contributed by atoms with van der Waals surface area (Å²) < 4.78 is 0. The lowest BCUT2D eigenvalue weighted by molar-refractivity contribution is -0.142. The van der Waals surface area contributed by atoms with Gasteiger partial charge in [0.1, 0.15) is 6.54 Å². The number of hydrogen-bond donors (Lipinski definition) is 3. The maximum atomic E-state index is 11.8. The first kappa shape index (κ1) is 19.2. The highest BCUT2D eigenvalue weighted by Crippen LogP contribution is 2.24. The molecule has 21 heavy (non-hydrogen) atoms. The maximum Gasteiger partial charge on any atom is 0.317 e. The minimum absolute atomic E-state index is 0.0468. The molecule has 1 atom stereocenters. The van der Waals surface area contributed by atoms with Crippen molar-refractivity contribution in [2.75, 3.05) is 26.7 Å². The zero-order chi connectivity index (χ0) is 16.6. The number of rotatable bonds is 7. The van der Waals surface area contributed by atoms with Crippen LogP contribution in [0.3, 0.4) is 0 Å². The van der Waals surface area contributed by atoms with Gasteiger partial charge >= 0.3 is 12.0 Å². The lowest BCUT2D eigenvalue weighted by Crippen LogP contribution is -2.45. The van der Waals surface area contributed by atoms with Crippen LogP contribution in [0.15, 0.2) is 0 Å². The number of carboxylic acid groups (broad SMARTS) is 1. The van der Waals surface area contributed by atoms with E-state index in [-0.39, 0.29) is 24.4 Å². The molecule has 0 saturated heterocycles. The Hall–Kier alpha value is -1.79. The Morgan fingerprint density at radius 3 is 2.19 bits per heavy atom. The highest BCUT2D eigenvalue weighted by atomic mass is 16.4. The van der Waals surface area contributed by atoms with Crippen LogP contribution in [-0.4, -0.2) is 54.6 Å². The molecule has 0 fully saturated rings. The lowest BCUT2D eigenvalue weighted by Gasteiger charge is -2.24. The van der Waals surface area contributed by atoms with Gasteiger partial charge in [0.15, 0.2) is 0 Å². The van der Waals surface area contributed by atoms with Gasteiger partial charge in [-0.3, -0.25) is 9.59 Å². The monoisotopic (exact) mass is 301 g/mol. The molecule has 3 amide bonds. The number of likely N-dealkylation sites (N-methyl/N-ethyl adjacent to an activating group) is 2. The van der Waals surface area contributed by atoms with E-state index in [9.17, 15) is 19.5 Å². The molecule has 7 nitrogen and oxygen atoms in total. The van der Waals surface area contributed by atoms with E-state index in [2.05, 4.69) is 10.6 Å². The van der Waals surface area contributed by atoms with Crippen LogP contribution < -0.4 is 10.6 Å². The van der Waals surface area contributed by atoms with E-state index < -0.39 is 17.9 Å². The van der Waals surface area contributed by atoms with Crippen LogP contribution in [0.4, 0.5) is 4.79 Å². The molecule has 7 heteroatoms. The molecule has 0 spiro atoms. The van der Waals surface area contributed by atoms with Crippen molar-refractivity contribution in [3.8, 4) is 0 Å². The van der Waals surface area contributed by atoms with Crippen molar-refractivity contribution >= 4 is 17.9 Å². The van der Waals surface area contributed by atoms with Gasteiger partial charge in [0.25, 0.3) is 0 Å². The Kier molecular flexibility index (Phi) is 7.76. The summed E-state index contributed by atoms with van der Waals surface area (Å²) in [7, 11) is 1.49. The number of aliphatic carboxylic acids is 1. The third kappa shape index (κ3) is 8.88. The number of nitrogens with zero attached hydrogens (tertiary/aromatic N) is 1. The standard InChI is InChI=1S/C14H27N3O4/c1-6-15-11(18)9-17(5)13(21)16-8-10(12(19)20)7-14(2,3)4/h10H,6-9H2,1-5H3,(H,15,18)(H,16,21)(H,19,20). The largest absolute Gasteiger partial charge is 0.481 e. The van der Waals surface area contributed by atoms with Crippen molar-refractivity contribution < 1.29 is 19.5 Å². The Morgan fingerprint density at radius 2 is 1.76 bits per heavy atom. The molecule has 0 aliphatic carbocycles. The van der Waals surface area contributed by atoms with Gasteiger partial charge in [-0.1, -0.05) is 20.8 Å². The zero-order valence-corrected chi connectivity index (χ0v) is 13.5. The quantitative estimate of drug-likeness (QED) is 0.650. The molecule has 0 aromatic heterocycles. The number of carbonyl (C=O) groups excluding carboxylic acids is 2. The molecular weight excluding hydrogens is 274 g/mol. The van der Waals surface area contributed by atoms with Crippen molar-refractivity contribution in [3.63, 3.8) is 0 Å². The van der Waals surface area contributed by atoms with Gasteiger partial charge in [0.05, 0.1) is 5.92 Å². The van der Waals surface area contributed by atoms with Gasteiger partial charge in [0, 0.05) is 20.1 Å². The van der Waals surface area contributed by atoms with Gasteiger partial charge < -0.3 is 20.6 Å². The van der Waals surface area contributed by atoms with Crippen LogP contribution in [0.2, 0.25) is 0 Å². The predicted molar refractivity (Wildman–Crippen MR) is 79.9 cm³/mol. The fourth-order valence-electron chi connectivity index (χ4n) is 1.87. The average Bonchev–Trinajstić information content (AvgIpc) is 2.32. The van der Waals surface area contributed by atoms with Gasteiger partial charge in [0.2, 0.25) is 5.91 Å². The summed E-state index contributed by atoms with van der Waals surface area (Å²) >= 11 is 0. The van der Waals surface area contributed by atoms with E-state index in [1.165, 1.54) is 11.9 Å². The van der Waals surface area contributed by atoms with E-state index in [1.54, 1.807) is 6.92 Å².